The Morgan fingerprint density at radius 1 is 0.867 bits per heavy atom. The first-order valence-electron chi connectivity index (χ1n) is 20.9. The molecule has 6 aliphatic heterocycles. The van der Waals surface area contributed by atoms with Gasteiger partial charge in [-0.3, -0.25) is 39.1 Å². The van der Waals surface area contributed by atoms with Gasteiger partial charge in [-0.05, 0) is 92.4 Å². The first-order valence-corrected chi connectivity index (χ1v) is 20.9. The molecule has 0 spiro atoms. The van der Waals surface area contributed by atoms with Crippen molar-refractivity contribution in [1.82, 2.24) is 40.1 Å². The number of carbonyl (C=O) groups is 6. The molecular formula is C42H48N12O6. The predicted molar refractivity (Wildman–Crippen MR) is 218 cm³/mol. The number of hydrogen-bond donors (Lipinski definition) is 3. The zero-order chi connectivity index (χ0) is 41.6. The van der Waals surface area contributed by atoms with Gasteiger partial charge in [0, 0.05) is 63.6 Å². The van der Waals surface area contributed by atoms with Gasteiger partial charge in [0.25, 0.3) is 17.7 Å². The summed E-state index contributed by atoms with van der Waals surface area (Å²) in [5.74, 6) is -1.64. The smallest absolute Gasteiger partial charge is 0.320 e. The van der Waals surface area contributed by atoms with Gasteiger partial charge in [0.15, 0.2) is 11.5 Å². The van der Waals surface area contributed by atoms with Gasteiger partial charge in [-0.2, -0.15) is 4.98 Å². The van der Waals surface area contributed by atoms with Crippen LogP contribution in [-0.2, 0) is 15.0 Å². The summed E-state index contributed by atoms with van der Waals surface area (Å²) in [6.07, 6.45) is 4.08. The molecule has 60 heavy (non-hydrogen) atoms. The van der Waals surface area contributed by atoms with Gasteiger partial charge >= 0.3 is 6.03 Å². The van der Waals surface area contributed by atoms with Crippen molar-refractivity contribution in [3.63, 3.8) is 0 Å². The van der Waals surface area contributed by atoms with Crippen LogP contribution in [0.1, 0.15) is 82.2 Å². The van der Waals surface area contributed by atoms with Crippen LogP contribution in [0.25, 0.3) is 0 Å². The van der Waals surface area contributed by atoms with Crippen LogP contribution in [0, 0.1) is 5.92 Å². The summed E-state index contributed by atoms with van der Waals surface area (Å²) in [4.78, 5) is 92.2. The molecule has 1 aromatic heterocycles. The minimum atomic E-state index is -0.986. The zero-order valence-corrected chi connectivity index (χ0v) is 33.7. The fraction of sp³-hybridized carbons (Fsp3) is 0.500. The first-order chi connectivity index (χ1) is 28.8. The van der Waals surface area contributed by atoms with Crippen molar-refractivity contribution in [2.24, 2.45) is 11.7 Å². The number of carbonyl (C=O) groups excluding carboxylic acids is 6. The van der Waals surface area contributed by atoms with E-state index in [1.807, 2.05) is 30.1 Å². The second-order valence-electron chi connectivity index (χ2n) is 17.7. The van der Waals surface area contributed by atoms with Crippen LogP contribution in [0.15, 0.2) is 42.5 Å². The van der Waals surface area contributed by atoms with E-state index in [0.29, 0.717) is 30.0 Å². The van der Waals surface area contributed by atoms with Crippen LogP contribution in [0.5, 0.6) is 0 Å². The number of piperidine rings is 3. The van der Waals surface area contributed by atoms with Crippen molar-refractivity contribution in [1.29, 1.82) is 0 Å². The minimum Gasteiger partial charge on any atom is -0.368 e. The number of hydrogen-bond acceptors (Lipinski definition) is 13. The van der Waals surface area contributed by atoms with Gasteiger partial charge in [-0.15, -0.1) is 10.2 Å². The molecular weight excluding hydrogens is 769 g/mol. The quantitative estimate of drug-likeness (QED) is 0.263. The van der Waals surface area contributed by atoms with E-state index in [1.54, 1.807) is 17.0 Å². The molecule has 4 N–H and O–H groups in total. The second-order valence-corrected chi connectivity index (χ2v) is 17.7. The van der Waals surface area contributed by atoms with E-state index >= 15 is 0 Å². The Kier molecular flexibility index (Phi) is 9.03. The van der Waals surface area contributed by atoms with E-state index < -0.39 is 35.6 Å². The molecule has 7 amide bonds. The Hall–Kier alpha value is -6.17. The molecule has 5 saturated heterocycles. The number of likely N-dealkylation sites (tertiary alicyclic amines) is 1. The molecule has 4 atom stereocenters. The molecule has 1 aliphatic carbocycles. The zero-order valence-electron chi connectivity index (χ0n) is 33.7. The third kappa shape index (κ3) is 6.30. The number of anilines is 4. The standard InChI is InChI=1S/C42H48N12O6/c1-42(11-13-50(14-12-42)27-21-51(22-27)26-7-8-28-29(19-26)39(59)54(38(28)58)30-9-10-33(55)45-37(30)57)24-3-5-25(6-4-24)44-36-34(35(43)56)47-48-40(46-36)53-20-23-17-31(32(53)18-23)52-16-15-49(2)41(52)60/h3-8,19,23,27,30-32H,9-18,20-22H2,1-2H3,(H2,43,56)(H,44,46,48)(H,45,55,57). The van der Waals surface area contributed by atoms with Gasteiger partial charge in [0.2, 0.25) is 17.8 Å². The summed E-state index contributed by atoms with van der Waals surface area (Å²) in [5, 5.41) is 14.1. The fourth-order valence-corrected chi connectivity index (χ4v) is 10.5. The maximum atomic E-state index is 13.4. The SMILES string of the molecule is CN1CCN(C2CC3CC2N(c2nnc(C(N)=O)c(Nc4ccc(C5(C)CCN(C6CN(c7ccc8c(c7)C(=O)N(C7CCC(=O)NC7=O)C8=O)C6)CC5)cc4)n2)C3)C1=O. The van der Waals surface area contributed by atoms with E-state index in [0.717, 1.165) is 81.2 Å². The van der Waals surface area contributed by atoms with E-state index in [9.17, 15) is 28.8 Å². The Bertz CT molecular complexity index is 2330. The fourth-order valence-electron chi connectivity index (χ4n) is 10.5. The number of urea groups is 1. The van der Waals surface area contributed by atoms with Crippen LogP contribution < -0.4 is 26.2 Å². The number of primary amides is 1. The van der Waals surface area contributed by atoms with Crippen LogP contribution in [0.2, 0.25) is 0 Å². The number of nitrogens with two attached hydrogens (primary N) is 1. The highest BCUT2D eigenvalue weighted by molar-refractivity contribution is 6.23. The van der Waals surface area contributed by atoms with Crippen molar-refractivity contribution in [2.45, 2.75) is 75.0 Å². The Labute approximate surface area is 346 Å². The number of rotatable bonds is 9. The highest BCUT2D eigenvalue weighted by atomic mass is 16.2. The second kappa shape index (κ2) is 14.2. The highest BCUT2D eigenvalue weighted by Gasteiger charge is 2.51. The molecule has 7 aliphatic rings. The lowest BCUT2D eigenvalue weighted by Crippen LogP contribution is -2.61. The van der Waals surface area contributed by atoms with Gasteiger partial charge < -0.3 is 30.7 Å². The lowest BCUT2D eigenvalue weighted by Gasteiger charge is -2.50. The molecule has 7 heterocycles. The Morgan fingerprint density at radius 3 is 2.25 bits per heavy atom. The van der Waals surface area contributed by atoms with Gasteiger partial charge in [-0.25, -0.2) is 4.79 Å². The van der Waals surface area contributed by atoms with Crippen molar-refractivity contribution < 1.29 is 28.8 Å². The molecule has 2 aromatic carbocycles. The lowest BCUT2D eigenvalue weighted by molar-refractivity contribution is -0.136. The summed E-state index contributed by atoms with van der Waals surface area (Å²) in [7, 11) is 1.83. The maximum Gasteiger partial charge on any atom is 0.320 e. The summed E-state index contributed by atoms with van der Waals surface area (Å²) in [5.41, 5.74) is 9.06. The number of likely N-dealkylation sites (N-methyl/N-ethyl adjacent to an activating group) is 1. The summed E-state index contributed by atoms with van der Waals surface area (Å²) in [6, 6.07) is 13.1. The first kappa shape index (κ1) is 38.1. The third-order valence-corrected chi connectivity index (χ3v) is 14.2. The summed E-state index contributed by atoms with van der Waals surface area (Å²) >= 11 is 0. The molecule has 2 bridgehead atoms. The van der Waals surface area contributed by atoms with Crippen LogP contribution >= 0.6 is 0 Å². The molecule has 1 saturated carbocycles. The van der Waals surface area contributed by atoms with Crippen molar-refractivity contribution in [3.05, 3.63) is 64.8 Å². The molecule has 0 radical (unpaired) electrons. The number of nitrogens with zero attached hydrogens (tertiary/aromatic N) is 9. The highest BCUT2D eigenvalue weighted by Crippen LogP contribution is 2.43. The lowest BCUT2D eigenvalue weighted by atomic mass is 9.74. The number of nitrogens with one attached hydrogen (secondary N) is 2. The number of imide groups is 2. The average Bonchev–Trinajstić information content (AvgIpc) is 3.98. The molecule has 312 valence electrons. The van der Waals surface area contributed by atoms with Gasteiger partial charge in [-0.1, -0.05) is 19.1 Å². The maximum absolute atomic E-state index is 13.4. The van der Waals surface area contributed by atoms with Crippen molar-refractivity contribution in [3.8, 4) is 0 Å². The van der Waals surface area contributed by atoms with E-state index in [4.69, 9.17) is 10.7 Å². The molecule has 3 aromatic rings. The van der Waals surface area contributed by atoms with Crippen LogP contribution in [0.3, 0.4) is 0 Å². The molecule has 10 rings (SSSR count). The summed E-state index contributed by atoms with van der Waals surface area (Å²) in [6.45, 7) is 7.98. The topological polar surface area (TPSA) is 211 Å². The summed E-state index contributed by atoms with van der Waals surface area (Å²) < 4.78 is 0. The van der Waals surface area contributed by atoms with Crippen LogP contribution in [-0.4, -0.2) is 147 Å². The van der Waals surface area contributed by atoms with Crippen LogP contribution in [0.4, 0.5) is 27.9 Å². The minimum absolute atomic E-state index is 0.0289. The number of fused-ring (bicyclic) bond motifs is 3. The molecule has 18 nitrogen and oxygen atoms in total. The van der Waals surface area contributed by atoms with E-state index in [1.165, 1.54) is 5.56 Å². The number of aromatic nitrogens is 3. The van der Waals surface area contributed by atoms with Gasteiger partial charge in [0.1, 0.15) is 6.04 Å². The van der Waals surface area contributed by atoms with Crippen molar-refractivity contribution >= 4 is 58.7 Å². The predicted octanol–water partition coefficient (Wildman–Crippen LogP) is 1.69. The molecule has 18 heteroatoms. The molecule has 4 unspecified atom stereocenters. The van der Waals surface area contributed by atoms with E-state index in [2.05, 4.69) is 54.6 Å². The van der Waals surface area contributed by atoms with Gasteiger partial charge in [0.05, 0.1) is 23.2 Å². The Balaban J connectivity index is 0.753. The normalized spacial score (nSPS) is 26.6. The van der Waals surface area contributed by atoms with E-state index in [-0.39, 0.29) is 53.4 Å². The molecule has 6 fully saturated rings. The largest absolute Gasteiger partial charge is 0.368 e. The third-order valence-electron chi connectivity index (χ3n) is 14.2. The number of benzene rings is 2. The Morgan fingerprint density at radius 2 is 1.58 bits per heavy atom. The number of amides is 7. The monoisotopic (exact) mass is 816 g/mol. The average molecular weight is 817 g/mol. The van der Waals surface area contributed by atoms with Crippen molar-refractivity contribution in [2.75, 3.05) is 68.0 Å².